The molecule has 0 spiro atoms. The number of ether oxygens (including phenoxy) is 2. The molecule has 0 aromatic heterocycles. The molecule has 2 aromatic carbocycles. The van der Waals surface area contributed by atoms with Crippen LogP contribution in [0.5, 0.6) is 11.5 Å². The third-order valence-corrected chi connectivity index (χ3v) is 4.28. The number of methoxy groups -OCH3 is 1. The number of rotatable bonds is 9. The molecule has 2 aromatic rings. The molecule has 1 N–H and O–H groups in total. The van der Waals surface area contributed by atoms with E-state index in [1.54, 1.807) is 7.11 Å². The molecule has 2 rings (SSSR count). The Labute approximate surface area is 156 Å². The van der Waals surface area contributed by atoms with Gasteiger partial charge < -0.3 is 14.8 Å². The molecule has 0 heterocycles. The predicted molar refractivity (Wildman–Crippen MR) is 105 cm³/mol. The van der Waals surface area contributed by atoms with E-state index in [2.05, 4.69) is 19.2 Å². The SMILES string of the molecule is COc1cc(CNC(=O)Cc2ccccc2C)ccc1OCCC(C)C. The van der Waals surface area contributed by atoms with Crippen LogP contribution >= 0.6 is 0 Å². The van der Waals surface area contributed by atoms with Gasteiger partial charge in [-0.05, 0) is 48.1 Å². The van der Waals surface area contributed by atoms with Crippen LogP contribution in [0.3, 0.4) is 0 Å². The zero-order valence-corrected chi connectivity index (χ0v) is 16.2. The lowest BCUT2D eigenvalue weighted by molar-refractivity contribution is -0.120. The first-order valence-corrected chi connectivity index (χ1v) is 9.10. The van der Waals surface area contributed by atoms with E-state index in [0.717, 1.165) is 28.9 Å². The second kappa shape index (κ2) is 9.85. The Kier molecular flexibility index (Phi) is 7.52. The van der Waals surface area contributed by atoms with Gasteiger partial charge in [0.2, 0.25) is 5.91 Å². The van der Waals surface area contributed by atoms with Gasteiger partial charge in [0.1, 0.15) is 0 Å². The van der Waals surface area contributed by atoms with E-state index in [-0.39, 0.29) is 5.91 Å². The molecule has 140 valence electrons. The van der Waals surface area contributed by atoms with E-state index >= 15 is 0 Å². The number of aryl methyl sites for hydroxylation is 1. The third kappa shape index (κ3) is 6.10. The van der Waals surface area contributed by atoms with Crippen molar-refractivity contribution in [2.24, 2.45) is 5.92 Å². The van der Waals surface area contributed by atoms with Crippen molar-refractivity contribution in [2.45, 2.75) is 40.2 Å². The second-order valence-electron chi connectivity index (χ2n) is 6.90. The van der Waals surface area contributed by atoms with Crippen LogP contribution in [0.4, 0.5) is 0 Å². The maximum Gasteiger partial charge on any atom is 0.224 e. The van der Waals surface area contributed by atoms with Crippen LogP contribution in [0.2, 0.25) is 0 Å². The highest BCUT2D eigenvalue weighted by Crippen LogP contribution is 2.28. The average molecular weight is 355 g/mol. The number of nitrogens with one attached hydrogen (secondary N) is 1. The van der Waals surface area contributed by atoms with Crippen LogP contribution in [-0.4, -0.2) is 19.6 Å². The number of amides is 1. The number of hydrogen-bond acceptors (Lipinski definition) is 3. The van der Waals surface area contributed by atoms with Gasteiger partial charge in [0, 0.05) is 6.54 Å². The maximum atomic E-state index is 12.2. The van der Waals surface area contributed by atoms with Crippen molar-refractivity contribution in [3.63, 3.8) is 0 Å². The summed E-state index contributed by atoms with van der Waals surface area (Å²) in [5.74, 6) is 2.04. The molecule has 0 atom stereocenters. The van der Waals surface area contributed by atoms with Crippen LogP contribution in [0.25, 0.3) is 0 Å². The van der Waals surface area contributed by atoms with E-state index in [0.29, 0.717) is 31.2 Å². The highest BCUT2D eigenvalue weighted by atomic mass is 16.5. The number of benzene rings is 2. The summed E-state index contributed by atoms with van der Waals surface area (Å²) in [4.78, 5) is 12.2. The zero-order valence-electron chi connectivity index (χ0n) is 16.2. The van der Waals surface area contributed by atoms with Gasteiger partial charge in [0.05, 0.1) is 20.1 Å². The van der Waals surface area contributed by atoms with E-state index in [1.807, 2.05) is 49.4 Å². The fourth-order valence-electron chi connectivity index (χ4n) is 2.59. The molecule has 4 nitrogen and oxygen atoms in total. The Morgan fingerprint density at radius 1 is 1.12 bits per heavy atom. The van der Waals surface area contributed by atoms with Crippen LogP contribution < -0.4 is 14.8 Å². The van der Waals surface area contributed by atoms with Gasteiger partial charge in [0.25, 0.3) is 0 Å². The van der Waals surface area contributed by atoms with Crippen LogP contribution in [0.1, 0.15) is 37.0 Å². The lowest BCUT2D eigenvalue weighted by Gasteiger charge is -2.13. The topological polar surface area (TPSA) is 47.6 Å². The van der Waals surface area contributed by atoms with E-state index < -0.39 is 0 Å². The first-order valence-electron chi connectivity index (χ1n) is 9.10. The molecule has 26 heavy (non-hydrogen) atoms. The van der Waals surface area contributed by atoms with Crippen molar-refractivity contribution < 1.29 is 14.3 Å². The standard InChI is InChI=1S/C22H29NO3/c1-16(2)11-12-26-20-10-9-18(13-21(20)25-4)15-23-22(24)14-19-8-6-5-7-17(19)3/h5-10,13,16H,11-12,14-15H2,1-4H3,(H,23,24). The summed E-state index contributed by atoms with van der Waals surface area (Å²) in [5.41, 5.74) is 3.17. The van der Waals surface area contributed by atoms with Crippen molar-refractivity contribution in [1.82, 2.24) is 5.32 Å². The smallest absolute Gasteiger partial charge is 0.224 e. The highest BCUT2D eigenvalue weighted by Gasteiger charge is 2.09. The summed E-state index contributed by atoms with van der Waals surface area (Å²) in [5, 5.41) is 2.97. The Hall–Kier alpha value is -2.49. The summed E-state index contributed by atoms with van der Waals surface area (Å²) >= 11 is 0. The van der Waals surface area contributed by atoms with Crippen LogP contribution in [0.15, 0.2) is 42.5 Å². The third-order valence-electron chi connectivity index (χ3n) is 4.28. The monoisotopic (exact) mass is 355 g/mol. The van der Waals surface area contributed by atoms with Gasteiger partial charge in [-0.2, -0.15) is 0 Å². The van der Waals surface area contributed by atoms with E-state index in [4.69, 9.17) is 9.47 Å². The Morgan fingerprint density at radius 2 is 1.88 bits per heavy atom. The van der Waals surface area contributed by atoms with E-state index in [9.17, 15) is 4.79 Å². The van der Waals surface area contributed by atoms with Gasteiger partial charge in [-0.3, -0.25) is 4.79 Å². The molecule has 0 fully saturated rings. The molecule has 0 bridgehead atoms. The molecule has 0 aliphatic rings. The summed E-state index contributed by atoms with van der Waals surface area (Å²) in [7, 11) is 1.63. The lowest BCUT2D eigenvalue weighted by Crippen LogP contribution is -2.24. The summed E-state index contributed by atoms with van der Waals surface area (Å²) in [6.07, 6.45) is 1.39. The normalized spacial score (nSPS) is 10.7. The van der Waals surface area contributed by atoms with Gasteiger partial charge in [-0.1, -0.05) is 44.2 Å². The summed E-state index contributed by atoms with van der Waals surface area (Å²) in [6.45, 7) is 7.49. The number of carbonyl (C=O) groups excluding carboxylic acids is 1. The first-order chi connectivity index (χ1) is 12.5. The Bertz CT molecular complexity index is 725. The maximum absolute atomic E-state index is 12.2. The lowest BCUT2D eigenvalue weighted by atomic mass is 10.1. The Morgan fingerprint density at radius 3 is 2.58 bits per heavy atom. The van der Waals surface area contributed by atoms with Crippen molar-refractivity contribution in [3.8, 4) is 11.5 Å². The zero-order chi connectivity index (χ0) is 18.9. The summed E-state index contributed by atoms with van der Waals surface area (Å²) < 4.78 is 11.2. The predicted octanol–water partition coefficient (Wildman–Crippen LogP) is 4.29. The minimum atomic E-state index is 0.00975. The molecule has 1 amide bonds. The van der Waals surface area contributed by atoms with Crippen molar-refractivity contribution in [1.29, 1.82) is 0 Å². The van der Waals surface area contributed by atoms with Crippen molar-refractivity contribution in [3.05, 3.63) is 59.2 Å². The molecule has 0 unspecified atom stereocenters. The van der Waals surface area contributed by atoms with Gasteiger partial charge in [0.15, 0.2) is 11.5 Å². The molecule has 0 saturated carbocycles. The molecule has 0 saturated heterocycles. The van der Waals surface area contributed by atoms with Gasteiger partial charge in [-0.25, -0.2) is 0 Å². The minimum absolute atomic E-state index is 0.00975. The minimum Gasteiger partial charge on any atom is -0.493 e. The van der Waals surface area contributed by atoms with Gasteiger partial charge >= 0.3 is 0 Å². The highest BCUT2D eigenvalue weighted by molar-refractivity contribution is 5.78. The molecule has 0 aliphatic carbocycles. The van der Waals surface area contributed by atoms with Gasteiger partial charge in [-0.15, -0.1) is 0 Å². The number of hydrogen-bond donors (Lipinski definition) is 1. The number of carbonyl (C=O) groups is 1. The van der Waals surface area contributed by atoms with Crippen molar-refractivity contribution in [2.75, 3.05) is 13.7 Å². The molecule has 4 heteroatoms. The Balaban J connectivity index is 1.90. The molecular formula is C22H29NO3. The van der Waals surface area contributed by atoms with Crippen LogP contribution in [0, 0.1) is 12.8 Å². The largest absolute Gasteiger partial charge is 0.493 e. The quantitative estimate of drug-likeness (QED) is 0.730. The fraction of sp³-hybridized carbons (Fsp3) is 0.409. The first kappa shape index (κ1) is 19.8. The molecular weight excluding hydrogens is 326 g/mol. The molecule has 0 aliphatic heterocycles. The molecule has 0 radical (unpaired) electrons. The average Bonchev–Trinajstić information content (AvgIpc) is 2.62. The van der Waals surface area contributed by atoms with Crippen LogP contribution in [-0.2, 0) is 17.8 Å². The summed E-state index contributed by atoms with van der Waals surface area (Å²) in [6, 6.07) is 13.7. The fourth-order valence-corrected chi connectivity index (χ4v) is 2.59. The second-order valence-corrected chi connectivity index (χ2v) is 6.90. The van der Waals surface area contributed by atoms with E-state index in [1.165, 1.54) is 0 Å². The van der Waals surface area contributed by atoms with Crippen molar-refractivity contribution >= 4 is 5.91 Å².